The predicted octanol–water partition coefficient (Wildman–Crippen LogP) is 7.37. The fourth-order valence-electron chi connectivity index (χ4n) is 3.26. The van der Waals surface area contributed by atoms with E-state index < -0.39 is 0 Å². The molecule has 174 valence electrons. The first-order valence-electron chi connectivity index (χ1n) is 10.1. The van der Waals surface area contributed by atoms with Crippen molar-refractivity contribution in [3.63, 3.8) is 0 Å². The summed E-state index contributed by atoms with van der Waals surface area (Å²) >= 11 is 11.3. The van der Waals surface area contributed by atoms with Crippen LogP contribution in [0.3, 0.4) is 0 Å². The van der Waals surface area contributed by atoms with Crippen LogP contribution in [0.15, 0.2) is 65.6 Å². The van der Waals surface area contributed by atoms with Gasteiger partial charge in [0.1, 0.15) is 6.61 Å². The SMILES string of the molecule is COc1cc(/C=C2\SC(=O)N(Cc3ccc(I)cc3)C2=O)cc(I)c1OCc1ccc(Cl)cc1. The van der Waals surface area contributed by atoms with E-state index in [1.54, 1.807) is 19.3 Å². The van der Waals surface area contributed by atoms with Crippen molar-refractivity contribution in [3.8, 4) is 11.5 Å². The predicted molar refractivity (Wildman–Crippen MR) is 152 cm³/mol. The first-order chi connectivity index (χ1) is 16.3. The highest BCUT2D eigenvalue weighted by atomic mass is 127. The molecule has 34 heavy (non-hydrogen) atoms. The van der Waals surface area contributed by atoms with Crippen molar-refractivity contribution in [2.24, 2.45) is 0 Å². The van der Waals surface area contributed by atoms with E-state index in [1.807, 2.05) is 54.6 Å². The molecular weight excluding hydrogens is 700 g/mol. The number of carbonyl (C=O) groups excluding carboxylic acids is 2. The van der Waals surface area contributed by atoms with Gasteiger partial charge in [0.25, 0.3) is 11.1 Å². The summed E-state index contributed by atoms with van der Waals surface area (Å²) in [6, 6.07) is 18.9. The van der Waals surface area contributed by atoms with Crippen molar-refractivity contribution >= 4 is 85.8 Å². The van der Waals surface area contributed by atoms with Gasteiger partial charge in [0.2, 0.25) is 0 Å². The Labute approximate surface area is 234 Å². The number of amides is 2. The van der Waals surface area contributed by atoms with E-state index in [2.05, 4.69) is 45.2 Å². The lowest BCUT2D eigenvalue weighted by Gasteiger charge is -2.14. The second-order valence-corrected chi connectivity index (χ2v) is 11.2. The quantitative estimate of drug-likeness (QED) is 0.189. The van der Waals surface area contributed by atoms with Gasteiger partial charge < -0.3 is 9.47 Å². The van der Waals surface area contributed by atoms with Crippen LogP contribution in [-0.2, 0) is 17.9 Å². The van der Waals surface area contributed by atoms with E-state index in [0.717, 1.165) is 35.6 Å². The van der Waals surface area contributed by atoms with Gasteiger partial charge in [-0.05, 0) is 116 Å². The van der Waals surface area contributed by atoms with E-state index in [9.17, 15) is 9.59 Å². The molecule has 0 atom stereocenters. The highest BCUT2D eigenvalue weighted by molar-refractivity contribution is 14.1. The molecule has 0 N–H and O–H groups in total. The molecule has 3 aromatic rings. The first kappa shape index (κ1) is 25.3. The van der Waals surface area contributed by atoms with Gasteiger partial charge in [-0.25, -0.2) is 0 Å². The first-order valence-corrected chi connectivity index (χ1v) is 13.4. The van der Waals surface area contributed by atoms with Gasteiger partial charge in [-0.2, -0.15) is 0 Å². The Balaban J connectivity index is 1.52. The van der Waals surface area contributed by atoms with Crippen LogP contribution >= 0.6 is 68.5 Å². The number of ether oxygens (including phenoxy) is 2. The Hall–Kier alpha value is -1.76. The highest BCUT2D eigenvalue weighted by Gasteiger charge is 2.35. The van der Waals surface area contributed by atoms with Gasteiger partial charge in [0.05, 0.1) is 22.1 Å². The number of methoxy groups -OCH3 is 1. The van der Waals surface area contributed by atoms with Crippen molar-refractivity contribution in [2.75, 3.05) is 7.11 Å². The van der Waals surface area contributed by atoms with Crippen LogP contribution in [0.2, 0.25) is 5.02 Å². The molecule has 1 aliphatic rings. The summed E-state index contributed by atoms with van der Waals surface area (Å²) in [4.78, 5) is 27.1. The van der Waals surface area contributed by atoms with Crippen LogP contribution in [-0.4, -0.2) is 23.2 Å². The van der Waals surface area contributed by atoms with Gasteiger partial charge in [-0.3, -0.25) is 14.5 Å². The lowest BCUT2D eigenvalue weighted by atomic mass is 10.1. The van der Waals surface area contributed by atoms with E-state index >= 15 is 0 Å². The second-order valence-electron chi connectivity index (χ2n) is 7.34. The van der Waals surface area contributed by atoms with Gasteiger partial charge in [0, 0.05) is 8.59 Å². The molecule has 9 heteroatoms. The molecule has 0 radical (unpaired) electrons. The van der Waals surface area contributed by atoms with E-state index in [4.69, 9.17) is 21.1 Å². The zero-order chi connectivity index (χ0) is 24.2. The molecule has 0 bridgehead atoms. The zero-order valence-electron chi connectivity index (χ0n) is 17.9. The number of thioether (sulfide) groups is 1. The van der Waals surface area contributed by atoms with Crippen LogP contribution in [0.1, 0.15) is 16.7 Å². The summed E-state index contributed by atoms with van der Waals surface area (Å²) in [5.41, 5.74) is 2.63. The lowest BCUT2D eigenvalue weighted by molar-refractivity contribution is -0.123. The number of carbonyl (C=O) groups is 2. The van der Waals surface area contributed by atoms with E-state index in [0.29, 0.717) is 28.0 Å². The molecule has 3 aromatic carbocycles. The highest BCUT2D eigenvalue weighted by Crippen LogP contribution is 2.38. The summed E-state index contributed by atoms with van der Waals surface area (Å²) in [6.07, 6.45) is 1.71. The number of halogens is 3. The zero-order valence-corrected chi connectivity index (χ0v) is 23.8. The maximum atomic E-state index is 12.9. The molecule has 1 fully saturated rings. The molecule has 1 heterocycles. The molecule has 0 aliphatic carbocycles. The van der Waals surface area contributed by atoms with Crippen LogP contribution in [0, 0.1) is 7.14 Å². The normalized spacial score (nSPS) is 14.7. The van der Waals surface area contributed by atoms with Crippen molar-refractivity contribution in [3.05, 3.63) is 94.4 Å². The average Bonchev–Trinajstić information content (AvgIpc) is 3.07. The summed E-state index contributed by atoms with van der Waals surface area (Å²) < 4.78 is 13.5. The summed E-state index contributed by atoms with van der Waals surface area (Å²) in [5.74, 6) is 0.859. The summed E-state index contributed by atoms with van der Waals surface area (Å²) in [7, 11) is 1.57. The molecule has 2 amide bonds. The fraction of sp³-hybridized carbons (Fsp3) is 0.120. The summed E-state index contributed by atoms with van der Waals surface area (Å²) in [5, 5.41) is 0.391. The molecular formula is C25H18ClI2NO4S. The standard InChI is InChI=1S/C25H18ClI2NO4S/c1-32-21-11-17(10-20(28)23(21)33-14-16-2-6-18(26)7-3-16)12-22-24(30)29(25(31)34-22)13-15-4-8-19(27)9-5-15/h2-12H,13-14H2,1H3/b22-12-. The molecule has 4 rings (SSSR count). The minimum Gasteiger partial charge on any atom is -0.493 e. The van der Waals surface area contributed by atoms with Gasteiger partial charge >= 0.3 is 0 Å². The van der Waals surface area contributed by atoms with Crippen LogP contribution in [0.4, 0.5) is 4.79 Å². The molecule has 0 saturated carbocycles. The molecule has 0 aromatic heterocycles. The number of imide groups is 1. The molecule has 1 saturated heterocycles. The fourth-order valence-corrected chi connectivity index (χ4v) is 5.36. The van der Waals surface area contributed by atoms with Crippen molar-refractivity contribution in [2.45, 2.75) is 13.2 Å². The van der Waals surface area contributed by atoms with Crippen LogP contribution in [0.5, 0.6) is 11.5 Å². The largest absolute Gasteiger partial charge is 0.493 e. The Kier molecular flexibility index (Phi) is 8.43. The Morgan fingerprint density at radius 1 is 1.00 bits per heavy atom. The number of hydrogen-bond donors (Lipinski definition) is 0. The maximum Gasteiger partial charge on any atom is 0.293 e. The average molecular weight is 718 g/mol. The van der Waals surface area contributed by atoms with Crippen LogP contribution < -0.4 is 9.47 Å². The van der Waals surface area contributed by atoms with Crippen molar-refractivity contribution in [1.82, 2.24) is 4.90 Å². The Bertz CT molecular complexity index is 1260. The monoisotopic (exact) mass is 717 g/mol. The number of benzene rings is 3. The number of rotatable bonds is 7. The second kappa shape index (κ2) is 11.3. The van der Waals surface area contributed by atoms with Crippen molar-refractivity contribution < 1.29 is 19.1 Å². The molecule has 5 nitrogen and oxygen atoms in total. The third-order valence-electron chi connectivity index (χ3n) is 4.97. The van der Waals surface area contributed by atoms with E-state index in [-0.39, 0.29) is 17.7 Å². The molecule has 1 aliphatic heterocycles. The minimum atomic E-state index is -0.300. The Morgan fingerprint density at radius 3 is 2.35 bits per heavy atom. The smallest absolute Gasteiger partial charge is 0.293 e. The van der Waals surface area contributed by atoms with Gasteiger partial charge in [-0.15, -0.1) is 0 Å². The summed E-state index contributed by atoms with van der Waals surface area (Å²) in [6.45, 7) is 0.609. The number of hydrogen-bond acceptors (Lipinski definition) is 5. The van der Waals surface area contributed by atoms with Gasteiger partial charge in [0.15, 0.2) is 11.5 Å². The lowest BCUT2D eigenvalue weighted by Crippen LogP contribution is -2.27. The van der Waals surface area contributed by atoms with E-state index in [1.165, 1.54) is 4.90 Å². The van der Waals surface area contributed by atoms with Crippen molar-refractivity contribution in [1.29, 1.82) is 0 Å². The third kappa shape index (κ3) is 6.07. The van der Waals surface area contributed by atoms with Gasteiger partial charge in [-0.1, -0.05) is 35.9 Å². The minimum absolute atomic E-state index is 0.247. The molecule has 0 spiro atoms. The maximum absolute atomic E-state index is 12.9. The number of nitrogens with zero attached hydrogens (tertiary/aromatic N) is 1. The van der Waals surface area contributed by atoms with Crippen LogP contribution in [0.25, 0.3) is 6.08 Å². The Morgan fingerprint density at radius 2 is 1.68 bits per heavy atom. The third-order valence-corrected chi connectivity index (χ3v) is 7.65. The topological polar surface area (TPSA) is 55.8 Å². The molecule has 0 unspecified atom stereocenters.